The lowest BCUT2D eigenvalue weighted by molar-refractivity contribution is -0.121. The first-order valence-electron chi connectivity index (χ1n) is 9.87. The minimum Gasteiger partial charge on any atom is -0.352 e. The summed E-state index contributed by atoms with van der Waals surface area (Å²) in [5, 5.41) is 2.70. The Labute approximate surface area is 172 Å². The second kappa shape index (κ2) is 11.2. The predicted molar refractivity (Wildman–Crippen MR) is 110 cm³/mol. The van der Waals surface area contributed by atoms with Crippen molar-refractivity contribution in [3.8, 4) is 0 Å². The molecular formula is C19H30NO7PS. The molecule has 0 saturated heterocycles. The van der Waals surface area contributed by atoms with Crippen LogP contribution in [-0.2, 0) is 30.1 Å². The number of rotatable bonds is 12. The van der Waals surface area contributed by atoms with E-state index < -0.39 is 23.7 Å². The molecule has 2 rings (SSSR count). The molecule has 1 amide bonds. The first kappa shape index (κ1) is 24.0. The van der Waals surface area contributed by atoms with Gasteiger partial charge in [-0.15, -0.1) is 0 Å². The number of carbonyl (C=O) groups is 1. The van der Waals surface area contributed by atoms with E-state index >= 15 is 0 Å². The normalized spacial score (nSPS) is 16.6. The molecule has 0 radical (unpaired) electrons. The highest BCUT2D eigenvalue weighted by molar-refractivity contribution is 7.91. The Balaban J connectivity index is 1.91. The molecule has 1 aliphatic rings. The number of amides is 1. The molecule has 0 aliphatic heterocycles. The Kier molecular flexibility index (Phi) is 9.30. The number of nitrogens with one attached hydrogen (secondary N) is 1. The number of hydrogen-bond donors (Lipinski definition) is 3. The van der Waals surface area contributed by atoms with Crippen molar-refractivity contribution in [3.05, 3.63) is 35.9 Å². The van der Waals surface area contributed by atoms with Crippen LogP contribution in [0.15, 0.2) is 30.3 Å². The van der Waals surface area contributed by atoms with Gasteiger partial charge in [-0.25, -0.2) is 13.0 Å². The molecule has 1 atom stereocenters. The summed E-state index contributed by atoms with van der Waals surface area (Å²) in [4.78, 5) is 30.0. The summed E-state index contributed by atoms with van der Waals surface area (Å²) < 4.78 is 40.5. The minimum atomic E-state index is -4.65. The molecule has 1 aliphatic carbocycles. The maximum Gasteiger partial charge on any atom is 0.469 e. The van der Waals surface area contributed by atoms with E-state index in [1.54, 1.807) is 0 Å². The molecule has 0 aromatic heterocycles. The summed E-state index contributed by atoms with van der Waals surface area (Å²) in [5.41, 5.74) is 0.998. The van der Waals surface area contributed by atoms with E-state index in [2.05, 4.69) is 9.84 Å². The lowest BCUT2D eigenvalue weighted by Crippen LogP contribution is -2.41. The Morgan fingerprint density at radius 1 is 1.21 bits per heavy atom. The Bertz CT molecular complexity index is 788. The average Bonchev–Trinajstić information content (AvgIpc) is 3.11. The molecule has 3 N–H and O–H groups in total. The van der Waals surface area contributed by atoms with Gasteiger partial charge in [0.15, 0.2) is 9.84 Å². The van der Waals surface area contributed by atoms with Crippen LogP contribution in [-0.4, -0.2) is 48.3 Å². The summed E-state index contributed by atoms with van der Waals surface area (Å²) in [6.07, 6.45) is 4.59. The van der Waals surface area contributed by atoms with Crippen LogP contribution in [0, 0.1) is 5.92 Å². The van der Waals surface area contributed by atoms with E-state index in [-0.39, 0.29) is 42.8 Å². The highest BCUT2D eigenvalue weighted by Gasteiger charge is 2.27. The number of phosphoric acid groups is 1. The number of hydrogen-bond acceptors (Lipinski definition) is 5. The standard InChI is InChI=1S/C19H30NO7PS/c21-19(11-10-16-6-2-1-3-7-16)20-18(12-13-27-28(22,23)24)15-29(25,26)14-17-8-4-5-9-17/h1-3,6-7,17-18H,4-5,8-15H2,(H,20,21)(H2,22,23,24). The van der Waals surface area contributed by atoms with Crippen LogP contribution < -0.4 is 5.32 Å². The first-order chi connectivity index (χ1) is 13.6. The van der Waals surface area contributed by atoms with Crippen molar-refractivity contribution in [2.75, 3.05) is 18.1 Å². The molecule has 10 heteroatoms. The van der Waals surface area contributed by atoms with Crippen molar-refractivity contribution in [2.45, 2.75) is 51.0 Å². The average molecular weight is 447 g/mol. The van der Waals surface area contributed by atoms with Gasteiger partial charge in [-0.05, 0) is 37.2 Å². The quantitative estimate of drug-likeness (QED) is 0.419. The van der Waals surface area contributed by atoms with Crippen LogP contribution in [0.1, 0.15) is 44.1 Å². The fourth-order valence-electron chi connectivity index (χ4n) is 3.62. The molecule has 1 fully saturated rings. The van der Waals surface area contributed by atoms with Crippen molar-refractivity contribution < 1.29 is 32.1 Å². The van der Waals surface area contributed by atoms with Gasteiger partial charge >= 0.3 is 7.82 Å². The minimum absolute atomic E-state index is 0.00604. The lowest BCUT2D eigenvalue weighted by atomic mass is 10.1. The van der Waals surface area contributed by atoms with Gasteiger partial charge in [0.05, 0.1) is 18.1 Å². The van der Waals surface area contributed by atoms with Crippen molar-refractivity contribution in [1.82, 2.24) is 5.32 Å². The number of aryl methyl sites for hydroxylation is 1. The van der Waals surface area contributed by atoms with Crippen molar-refractivity contribution in [1.29, 1.82) is 0 Å². The Hall–Kier alpha value is -1.25. The maximum atomic E-state index is 12.6. The number of benzene rings is 1. The highest BCUT2D eigenvalue weighted by atomic mass is 32.2. The molecule has 0 heterocycles. The lowest BCUT2D eigenvalue weighted by Gasteiger charge is -2.20. The Morgan fingerprint density at radius 3 is 2.48 bits per heavy atom. The van der Waals surface area contributed by atoms with Crippen molar-refractivity contribution in [3.63, 3.8) is 0 Å². The summed E-state index contributed by atoms with van der Waals surface area (Å²) in [6, 6.07) is 8.71. The second-order valence-corrected chi connectivity index (χ2v) is 11.0. The SMILES string of the molecule is O=C(CCc1ccccc1)NC(CCOP(=O)(O)O)CS(=O)(=O)CC1CCCC1. The van der Waals surface area contributed by atoms with Crippen LogP contribution in [0.2, 0.25) is 0 Å². The van der Waals surface area contributed by atoms with Crippen LogP contribution in [0.4, 0.5) is 0 Å². The highest BCUT2D eigenvalue weighted by Crippen LogP contribution is 2.35. The molecule has 1 aromatic carbocycles. The summed E-state index contributed by atoms with van der Waals surface area (Å²) in [6.45, 7) is -0.340. The topological polar surface area (TPSA) is 130 Å². The van der Waals surface area contributed by atoms with Crippen LogP contribution in [0.3, 0.4) is 0 Å². The fraction of sp³-hybridized carbons (Fsp3) is 0.632. The summed E-state index contributed by atoms with van der Waals surface area (Å²) >= 11 is 0. The molecule has 8 nitrogen and oxygen atoms in total. The van der Waals surface area contributed by atoms with Gasteiger partial charge < -0.3 is 15.1 Å². The van der Waals surface area contributed by atoms with Gasteiger partial charge in [0.25, 0.3) is 0 Å². The monoisotopic (exact) mass is 447 g/mol. The van der Waals surface area contributed by atoms with Crippen molar-refractivity contribution in [2.24, 2.45) is 5.92 Å². The zero-order chi connectivity index (χ0) is 21.3. The molecule has 29 heavy (non-hydrogen) atoms. The Morgan fingerprint density at radius 2 is 1.86 bits per heavy atom. The van der Waals surface area contributed by atoms with E-state index in [1.807, 2.05) is 30.3 Å². The number of carbonyl (C=O) groups excluding carboxylic acids is 1. The third-order valence-electron chi connectivity index (χ3n) is 4.99. The number of phosphoric ester groups is 1. The van der Waals surface area contributed by atoms with E-state index in [1.165, 1.54) is 0 Å². The van der Waals surface area contributed by atoms with E-state index in [0.29, 0.717) is 6.42 Å². The van der Waals surface area contributed by atoms with E-state index in [4.69, 9.17) is 9.79 Å². The molecule has 0 spiro atoms. The maximum absolute atomic E-state index is 12.6. The van der Waals surface area contributed by atoms with Crippen molar-refractivity contribution >= 4 is 23.6 Å². The zero-order valence-electron chi connectivity index (χ0n) is 16.4. The van der Waals surface area contributed by atoms with Gasteiger partial charge in [-0.3, -0.25) is 9.32 Å². The van der Waals surface area contributed by atoms with Crippen LogP contribution in [0.25, 0.3) is 0 Å². The van der Waals surface area contributed by atoms with Gasteiger partial charge in [0.2, 0.25) is 5.91 Å². The van der Waals surface area contributed by atoms with Crippen LogP contribution >= 0.6 is 7.82 Å². The molecule has 0 bridgehead atoms. The second-order valence-electron chi connectivity index (χ2n) is 7.59. The van der Waals surface area contributed by atoms with Gasteiger partial charge in [-0.2, -0.15) is 0 Å². The molecule has 164 valence electrons. The number of sulfone groups is 1. The van der Waals surface area contributed by atoms with Crippen LogP contribution in [0.5, 0.6) is 0 Å². The first-order valence-corrected chi connectivity index (χ1v) is 13.2. The van der Waals surface area contributed by atoms with Gasteiger partial charge in [-0.1, -0.05) is 43.2 Å². The fourth-order valence-corrected chi connectivity index (χ4v) is 6.02. The van der Waals surface area contributed by atoms with Gasteiger partial charge in [0, 0.05) is 12.5 Å². The summed E-state index contributed by atoms with van der Waals surface area (Å²) in [7, 11) is -8.05. The largest absolute Gasteiger partial charge is 0.469 e. The third kappa shape index (κ3) is 10.4. The molecule has 1 unspecified atom stereocenters. The van der Waals surface area contributed by atoms with Gasteiger partial charge in [0.1, 0.15) is 0 Å². The summed E-state index contributed by atoms with van der Waals surface area (Å²) in [5.74, 6) is -0.319. The molecule has 1 saturated carbocycles. The zero-order valence-corrected chi connectivity index (χ0v) is 18.1. The van der Waals surface area contributed by atoms with E-state index in [9.17, 15) is 17.8 Å². The third-order valence-corrected chi connectivity index (χ3v) is 7.40. The van der Waals surface area contributed by atoms with E-state index in [0.717, 1.165) is 31.2 Å². The molecule has 1 aromatic rings. The molecular weight excluding hydrogens is 417 g/mol. The predicted octanol–water partition coefficient (Wildman–Crippen LogP) is 2.21. The smallest absolute Gasteiger partial charge is 0.352 e.